The molecule has 0 aliphatic carbocycles. The van der Waals surface area contributed by atoms with Gasteiger partial charge in [-0.15, -0.1) is 0 Å². The molecule has 0 spiro atoms. The van der Waals surface area contributed by atoms with Gasteiger partial charge in [0.05, 0.1) is 11.0 Å². The Morgan fingerprint density at radius 3 is 2.10 bits per heavy atom. The molecule has 0 aliphatic heterocycles. The maximum Gasteiger partial charge on any atom is 0.137 e. The maximum absolute atomic E-state index is 6.36. The lowest BCUT2D eigenvalue weighted by atomic mass is 10.0. The smallest absolute Gasteiger partial charge is 0.137 e. The zero-order chi connectivity index (χ0) is 33.7. The summed E-state index contributed by atoms with van der Waals surface area (Å²) in [5.74, 6) is 0. The van der Waals surface area contributed by atoms with E-state index in [2.05, 4.69) is 149 Å². The average Bonchev–Trinajstić information content (AvgIpc) is 3.51. The summed E-state index contributed by atoms with van der Waals surface area (Å²) in [5.41, 5.74) is 25.2. The number of aliphatic imine (C=N–C) groups is 1. The Hall–Kier alpha value is -6.27. The summed E-state index contributed by atoms with van der Waals surface area (Å²) in [5, 5.41) is 2.42. The molecule has 5 heteroatoms. The SMILES string of the molecule is Nc1ccccc1-c1ccc2c(c1)c1ccccc1n2-c1ccc(-c2cccc(C(/N=C/c3ccccc3)NNCc3ccccc3)c2)cc1. The molecule has 242 valence electrons. The second-order valence-corrected chi connectivity index (χ2v) is 12.4. The molecule has 0 radical (unpaired) electrons. The Bertz CT molecular complexity index is 2410. The van der Waals surface area contributed by atoms with Crippen molar-refractivity contribution in [2.75, 3.05) is 5.73 Å². The fourth-order valence-corrected chi connectivity index (χ4v) is 6.62. The first-order valence-electron chi connectivity index (χ1n) is 16.9. The standard InChI is InChI=1S/C45H37N5/c46-42-20-9-7-18-39(42)36-24-27-44-41(29-36)40-19-8-10-21-43(40)50(44)38-25-22-34(23-26-38)35-16-11-17-37(28-35)45(47-30-32-12-3-1-4-13-32)49-48-31-33-14-5-2-6-15-33/h1-30,45,48-49H,31,46H2/b47-30+. The first kappa shape index (κ1) is 31.0. The number of hydrazine groups is 1. The summed E-state index contributed by atoms with van der Waals surface area (Å²) < 4.78 is 2.35. The fraction of sp³-hybridized carbons (Fsp3) is 0.0444. The zero-order valence-corrected chi connectivity index (χ0v) is 27.6. The fourth-order valence-electron chi connectivity index (χ4n) is 6.62. The van der Waals surface area contributed by atoms with E-state index in [1.807, 2.05) is 48.7 Å². The van der Waals surface area contributed by atoms with Crippen LogP contribution in [0, 0.1) is 0 Å². The van der Waals surface area contributed by atoms with Gasteiger partial charge in [-0.2, -0.15) is 0 Å². The molecule has 50 heavy (non-hydrogen) atoms. The number of hydrogen-bond acceptors (Lipinski definition) is 4. The molecule has 0 fully saturated rings. The van der Waals surface area contributed by atoms with Gasteiger partial charge in [-0.05, 0) is 75.8 Å². The van der Waals surface area contributed by atoms with E-state index in [9.17, 15) is 0 Å². The normalized spacial score (nSPS) is 12.2. The second-order valence-electron chi connectivity index (χ2n) is 12.4. The first-order chi connectivity index (χ1) is 24.7. The van der Waals surface area contributed by atoms with Gasteiger partial charge in [0.1, 0.15) is 6.17 Å². The van der Waals surface area contributed by atoms with E-state index in [1.165, 1.54) is 21.9 Å². The third-order valence-electron chi connectivity index (χ3n) is 9.15. The summed E-state index contributed by atoms with van der Waals surface area (Å²) >= 11 is 0. The largest absolute Gasteiger partial charge is 0.398 e. The van der Waals surface area contributed by atoms with Gasteiger partial charge < -0.3 is 10.3 Å². The van der Waals surface area contributed by atoms with E-state index in [-0.39, 0.29) is 6.17 Å². The highest BCUT2D eigenvalue weighted by Gasteiger charge is 2.15. The molecule has 1 unspecified atom stereocenters. The van der Waals surface area contributed by atoms with E-state index in [4.69, 9.17) is 10.7 Å². The highest BCUT2D eigenvalue weighted by Crippen LogP contribution is 2.36. The van der Waals surface area contributed by atoms with Gasteiger partial charge in [0, 0.05) is 40.5 Å². The van der Waals surface area contributed by atoms with E-state index >= 15 is 0 Å². The van der Waals surface area contributed by atoms with Crippen LogP contribution >= 0.6 is 0 Å². The van der Waals surface area contributed by atoms with E-state index in [0.717, 1.165) is 50.3 Å². The monoisotopic (exact) mass is 647 g/mol. The molecule has 1 aromatic heterocycles. The molecule has 1 atom stereocenters. The van der Waals surface area contributed by atoms with Crippen molar-refractivity contribution < 1.29 is 0 Å². The Balaban J connectivity index is 1.10. The van der Waals surface area contributed by atoms with Crippen molar-refractivity contribution in [3.63, 3.8) is 0 Å². The molecule has 8 rings (SSSR count). The molecule has 5 nitrogen and oxygen atoms in total. The molecule has 0 amide bonds. The summed E-state index contributed by atoms with van der Waals surface area (Å²) in [7, 11) is 0. The van der Waals surface area contributed by atoms with Crippen LogP contribution in [-0.2, 0) is 6.54 Å². The molecule has 4 N–H and O–H groups in total. The lowest BCUT2D eigenvalue weighted by Crippen LogP contribution is -2.34. The van der Waals surface area contributed by atoms with Crippen LogP contribution in [0.3, 0.4) is 0 Å². The molecule has 0 saturated carbocycles. The Morgan fingerprint density at radius 2 is 1.28 bits per heavy atom. The van der Waals surface area contributed by atoms with Crippen molar-refractivity contribution in [3.8, 4) is 27.9 Å². The Labute approximate surface area is 292 Å². The van der Waals surface area contributed by atoms with E-state index in [0.29, 0.717) is 6.54 Å². The van der Waals surface area contributed by atoms with Crippen LogP contribution in [0.15, 0.2) is 181 Å². The van der Waals surface area contributed by atoms with Crippen molar-refractivity contribution >= 4 is 33.7 Å². The number of nitrogens with one attached hydrogen (secondary N) is 2. The molecular formula is C45H37N5. The molecule has 0 saturated heterocycles. The van der Waals surface area contributed by atoms with E-state index < -0.39 is 0 Å². The summed E-state index contributed by atoms with van der Waals surface area (Å²) in [4.78, 5) is 4.96. The average molecular weight is 648 g/mol. The number of nitrogens with zero attached hydrogens (tertiary/aromatic N) is 2. The molecule has 1 heterocycles. The van der Waals surface area contributed by atoms with Crippen LogP contribution in [0.25, 0.3) is 49.7 Å². The highest BCUT2D eigenvalue weighted by atomic mass is 15.4. The lowest BCUT2D eigenvalue weighted by molar-refractivity contribution is 0.449. The second kappa shape index (κ2) is 14.1. The predicted molar refractivity (Wildman–Crippen MR) is 209 cm³/mol. The third-order valence-corrected chi connectivity index (χ3v) is 9.15. The van der Waals surface area contributed by atoms with Crippen LogP contribution < -0.4 is 16.6 Å². The molecule has 0 bridgehead atoms. The van der Waals surface area contributed by atoms with Crippen LogP contribution in [0.5, 0.6) is 0 Å². The number of nitrogens with two attached hydrogens (primary N) is 1. The van der Waals surface area contributed by atoms with Gasteiger partial charge in [0.15, 0.2) is 0 Å². The number of aromatic nitrogens is 1. The minimum absolute atomic E-state index is 0.285. The lowest BCUT2D eigenvalue weighted by Gasteiger charge is -2.17. The summed E-state index contributed by atoms with van der Waals surface area (Å²) in [6, 6.07) is 61.3. The van der Waals surface area contributed by atoms with Crippen LogP contribution in [-0.4, -0.2) is 10.8 Å². The molecule has 7 aromatic carbocycles. The van der Waals surface area contributed by atoms with Gasteiger partial charge in [0.25, 0.3) is 0 Å². The number of nitrogen functional groups attached to an aromatic ring is 1. The summed E-state index contributed by atoms with van der Waals surface area (Å²) in [6.45, 7) is 0.684. The molecule has 8 aromatic rings. The predicted octanol–water partition coefficient (Wildman–Crippen LogP) is 10.1. The van der Waals surface area contributed by atoms with Crippen LogP contribution in [0.2, 0.25) is 0 Å². The van der Waals surface area contributed by atoms with Gasteiger partial charge in [-0.1, -0.05) is 133 Å². The van der Waals surface area contributed by atoms with Crippen molar-refractivity contribution in [2.45, 2.75) is 12.7 Å². The van der Waals surface area contributed by atoms with Gasteiger partial charge >= 0.3 is 0 Å². The first-order valence-corrected chi connectivity index (χ1v) is 16.9. The van der Waals surface area contributed by atoms with Crippen LogP contribution in [0.1, 0.15) is 22.9 Å². The number of fused-ring (bicyclic) bond motifs is 3. The van der Waals surface area contributed by atoms with Crippen molar-refractivity contribution in [1.29, 1.82) is 0 Å². The number of para-hydroxylation sites is 2. The highest BCUT2D eigenvalue weighted by molar-refractivity contribution is 6.10. The maximum atomic E-state index is 6.36. The van der Waals surface area contributed by atoms with E-state index in [1.54, 1.807) is 0 Å². The summed E-state index contributed by atoms with van der Waals surface area (Å²) in [6.07, 6.45) is 1.64. The van der Waals surface area contributed by atoms with Gasteiger partial charge in [-0.25, -0.2) is 5.43 Å². The number of anilines is 1. The third kappa shape index (κ3) is 6.43. The topological polar surface area (TPSA) is 67.4 Å². The quantitative estimate of drug-likeness (QED) is 0.0786. The minimum Gasteiger partial charge on any atom is -0.398 e. The number of hydrogen-bond donors (Lipinski definition) is 3. The van der Waals surface area contributed by atoms with Gasteiger partial charge in [0.2, 0.25) is 0 Å². The van der Waals surface area contributed by atoms with Gasteiger partial charge in [-0.3, -0.25) is 10.4 Å². The zero-order valence-electron chi connectivity index (χ0n) is 27.6. The Morgan fingerprint density at radius 1 is 0.580 bits per heavy atom. The minimum atomic E-state index is -0.285. The van der Waals surface area contributed by atoms with Crippen molar-refractivity contribution in [3.05, 3.63) is 193 Å². The Kier molecular flexibility index (Phi) is 8.73. The number of benzene rings is 7. The number of rotatable bonds is 10. The van der Waals surface area contributed by atoms with Crippen molar-refractivity contribution in [1.82, 2.24) is 15.4 Å². The van der Waals surface area contributed by atoms with Crippen molar-refractivity contribution in [2.24, 2.45) is 4.99 Å². The molecule has 0 aliphatic rings. The molecular weight excluding hydrogens is 611 g/mol. The van der Waals surface area contributed by atoms with Crippen LogP contribution in [0.4, 0.5) is 5.69 Å².